The van der Waals surface area contributed by atoms with Crippen LogP contribution in [0.4, 0.5) is 0 Å². The van der Waals surface area contributed by atoms with Gasteiger partial charge in [0.05, 0.1) is 0 Å². The van der Waals surface area contributed by atoms with E-state index in [9.17, 15) is 4.79 Å². The van der Waals surface area contributed by atoms with Gasteiger partial charge in [-0.1, -0.05) is 22.0 Å². The van der Waals surface area contributed by atoms with Gasteiger partial charge in [0, 0.05) is 22.6 Å². The molecule has 17 heavy (non-hydrogen) atoms. The summed E-state index contributed by atoms with van der Waals surface area (Å²) < 4.78 is 1.02. The van der Waals surface area contributed by atoms with Crippen LogP contribution in [-0.2, 0) is 0 Å². The van der Waals surface area contributed by atoms with Crippen LogP contribution in [0.15, 0.2) is 35.3 Å². The number of benzene rings is 1. The molecule has 0 unspecified atom stereocenters. The number of hydrogen-bond acceptors (Lipinski definition) is 1. The van der Waals surface area contributed by atoms with E-state index in [1.807, 2.05) is 39.0 Å². The quantitative estimate of drug-likeness (QED) is 0.774. The molecule has 0 fully saturated rings. The number of hydrogen-bond donors (Lipinski definition) is 0. The first-order chi connectivity index (χ1) is 7.97. The number of halogens is 1. The van der Waals surface area contributed by atoms with Crippen LogP contribution in [0.3, 0.4) is 0 Å². The first kappa shape index (κ1) is 14.0. The van der Waals surface area contributed by atoms with Gasteiger partial charge in [0.15, 0.2) is 0 Å². The van der Waals surface area contributed by atoms with Gasteiger partial charge in [-0.3, -0.25) is 4.79 Å². The zero-order valence-corrected chi connectivity index (χ0v) is 12.1. The first-order valence-electron chi connectivity index (χ1n) is 5.65. The highest BCUT2D eigenvalue weighted by Crippen LogP contribution is 2.18. The number of amides is 1. The van der Waals surface area contributed by atoms with Gasteiger partial charge < -0.3 is 4.90 Å². The molecule has 0 saturated carbocycles. The molecule has 0 radical (unpaired) electrons. The molecule has 0 atom stereocenters. The summed E-state index contributed by atoms with van der Waals surface area (Å²) in [4.78, 5) is 14.1. The summed E-state index contributed by atoms with van der Waals surface area (Å²) in [5.74, 6) is 0.0514. The Bertz CT molecular complexity index is 426. The first-order valence-corrected chi connectivity index (χ1v) is 6.44. The van der Waals surface area contributed by atoms with Crippen LogP contribution in [0.2, 0.25) is 0 Å². The Kier molecular flexibility index (Phi) is 4.94. The van der Waals surface area contributed by atoms with Gasteiger partial charge in [0.1, 0.15) is 0 Å². The molecule has 0 aliphatic carbocycles. The second kappa shape index (κ2) is 6.01. The third-order valence-electron chi connectivity index (χ3n) is 2.61. The predicted molar refractivity (Wildman–Crippen MR) is 75.2 cm³/mol. The molecule has 0 aliphatic rings. The van der Waals surface area contributed by atoms with Crippen molar-refractivity contribution in [3.05, 3.63) is 46.5 Å². The Morgan fingerprint density at radius 3 is 2.65 bits per heavy atom. The van der Waals surface area contributed by atoms with Gasteiger partial charge in [-0.2, -0.15) is 0 Å². The molecule has 0 aromatic heterocycles. The summed E-state index contributed by atoms with van der Waals surface area (Å²) in [6, 6.07) is 5.84. The number of nitrogens with zero attached hydrogens (tertiary/aromatic N) is 1. The predicted octanol–water partition coefficient (Wildman–Crippen LogP) is 3.79. The van der Waals surface area contributed by atoms with E-state index in [4.69, 9.17) is 0 Å². The van der Waals surface area contributed by atoms with Crippen molar-refractivity contribution >= 4 is 21.8 Å². The van der Waals surface area contributed by atoms with E-state index in [0.717, 1.165) is 15.6 Å². The molecule has 0 aliphatic heterocycles. The van der Waals surface area contributed by atoms with E-state index < -0.39 is 0 Å². The zero-order chi connectivity index (χ0) is 13.0. The molecule has 0 saturated heterocycles. The van der Waals surface area contributed by atoms with E-state index in [1.54, 1.807) is 11.0 Å². The van der Waals surface area contributed by atoms with Crippen LogP contribution in [0, 0.1) is 6.92 Å². The molecular weight excluding hydrogens is 278 g/mol. The molecule has 1 rings (SSSR count). The SMILES string of the molecule is C=CCN(C(=O)c1ccc(Br)c(C)c1)C(C)C. The number of carbonyl (C=O) groups excluding carboxylic acids is 1. The van der Waals surface area contributed by atoms with Crippen LogP contribution in [0.25, 0.3) is 0 Å². The summed E-state index contributed by atoms with van der Waals surface area (Å²) in [7, 11) is 0. The van der Waals surface area contributed by atoms with Crippen LogP contribution in [0.5, 0.6) is 0 Å². The van der Waals surface area contributed by atoms with Gasteiger partial charge in [0.25, 0.3) is 5.91 Å². The van der Waals surface area contributed by atoms with Gasteiger partial charge in [0.2, 0.25) is 0 Å². The molecule has 0 bridgehead atoms. The lowest BCUT2D eigenvalue weighted by Gasteiger charge is -2.25. The Hall–Kier alpha value is -1.09. The van der Waals surface area contributed by atoms with E-state index in [2.05, 4.69) is 22.5 Å². The zero-order valence-electron chi connectivity index (χ0n) is 10.5. The fourth-order valence-corrected chi connectivity index (χ4v) is 1.86. The second-order valence-corrected chi connectivity index (χ2v) is 5.16. The lowest BCUT2D eigenvalue weighted by Crippen LogP contribution is -2.37. The van der Waals surface area contributed by atoms with Crippen molar-refractivity contribution in [1.29, 1.82) is 0 Å². The molecule has 3 heteroatoms. The van der Waals surface area contributed by atoms with Crippen molar-refractivity contribution in [2.45, 2.75) is 26.8 Å². The van der Waals surface area contributed by atoms with E-state index in [0.29, 0.717) is 6.54 Å². The van der Waals surface area contributed by atoms with Gasteiger partial charge in [-0.15, -0.1) is 6.58 Å². The summed E-state index contributed by atoms with van der Waals surface area (Å²) in [6.07, 6.45) is 1.75. The van der Waals surface area contributed by atoms with Crippen molar-refractivity contribution in [2.24, 2.45) is 0 Å². The maximum Gasteiger partial charge on any atom is 0.254 e. The van der Waals surface area contributed by atoms with Crippen molar-refractivity contribution in [3.8, 4) is 0 Å². The van der Waals surface area contributed by atoms with Crippen molar-refractivity contribution < 1.29 is 4.79 Å². The van der Waals surface area contributed by atoms with Crippen LogP contribution < -0.4 is 0 Å². The maximum atomic E-state index is 12.3. The second-order valence-electron chi connectivity index (χ2n) is 4.30. The smallest absolute Gasteiger partial charge is 0.254 e. The number of aryl methyl sites for hydroxylation is 1. The minimum atomic E-state index is 0.0514. The molecule has 1 aromatic carbocycles. The van der Waals surface area contributed by atoms with Crippen LogP contribution in [-0.4, -0.2) is 23.4 Å². The third kappa shape index (κ3) is 3.43. The van der Waals surface area contributed by atoms with Crippen molar-refractivity contribution in [2.75, 3.05) is 6.54 Å². The third-order valence-corrected chi connectivity index (χ3v) is 3.50. The molecule has 0 spiro atoms. The average Bonchev–Trinajstić information content (AvgIpc) is 2.28. The Labute approximate surface area is 111 Å². The standard InChI is InChI=1S/C14H18BrNO/c1-5-8-16(10(2)3)14(17)12-6-7-13(15)11(4)9-12/h5-7,9-10H,1,8H2,2-4H3. The van der Waals surface area contributed by atoms with Crippen molar-refractivity contribution in [3.63, 3.8) is 0 Å². The molecule has 0 N–H and O–H groups in total. The molecule has 0 heterocycles. The largest absolute Gasteiger partial charge is 0.333 e. The van der Waals surface area contributed by atoms with E-state index in [-0.39, 0.29) is 11.9 Å². The summed E-state index contributed by atoms with van der Waals surface area (Å²) in [5, 5.41) is 0. The highest BCUT2D eigenvalue weighted by Gasteiger charge is 2.17. The topological polar surface area (TPSA) is 20.3 Å². The monoisotopic (exact) mass is 295 g/mol. The van der Waals surface area contributed by atoms with Crippen LogP contribution in [0.1, 0.15) is 29.8 Å². The highest BCUT2D eigenvalue weighted by molar-refractivity contribution is 9.10. The highest BCUT2D eigenvalue weighted by atomic mass is 79.9. The fraction of sp³-hybridized carbons (Fsp3) is 0.357. The lowest BCUT2D eigenvalue weighted by atomic mass is 10.1. The maximum absolute atomic E-state index is 12.3. The normalized spacial score (nSPS) is 10.4. The fourth-order valence-electron chi connectivity index (χ4n) is 1.61. The number of rotatable bonds is 4. The summed E-state index contributed by atoms with van der Waals surface area (Å²) in [6.45, 7) is 10.3. The minimum absolute atomic E-state index is 0.0514. The Morgan fingerprint density at radius 1 is 1.53 bits per heavy atom. The number of carbonyl (C=O) groups is 1. The van der Waals surface area contributed by atoms with Gasteiger partial charge in [-0.25, -0.2) is 0 Å². The average molecular weight is 296 g/mol. The molecule has 1 amide bonds. The Balaban J connectivity index is 3.00. The lowest BCUT2D eigenvalue weighted by molar-refractivity contribution is 0.0728. The summed E-state index contributed by atoms with van der Waals surface area (Å²) >= 11 is 3.43. The van der Waals surface area contributed by atoms with Gasteiger partial charge in [-0.05, 0) is 44.5 Å². The molecular formula is C14H18BrNO. The summed E-state index contributed by atoms with van der Waals surface area (Å²) in [5.41, 5.74) is 1.79. The minimum Gasteiger partial charge on any atom is -0.333 e. The van der Waals surface area contributed by atoms with E-state index in [1.165, 1.54) is 0 Å². The molecule has 92 valence electrons. The Morgan fingerprint density at radius 2 is 2.18 bits per heavy atom. The van der Waals surface area contributed by atoms with Gasteiger partial charge >= 0.3 is 0 Å². The van der Waals surface area contributed by atoms with Crippen LogP contribution >= 0.6 is 15.9 Å². The van der Waals surface area contributed by atoms with Crippen molar-refractivity contribution in [1.82, 2.24) is 4.90 Å². The van der Waals surface area contributed by atoms with E-state index >= 15 is 0 Å². The molecule has 1 aromatic rings. The molecule has 2 nitrogen and oxygen atoms in total.